The molecule has 0 saturated heterocycles. The Kier molecular flexibility index (Phi) is 4.31. The minimum absolute atomic E-state index is 0.0545. The van der Waals surface area contributed by atoms with Gasteiger partial charge in [0.1, 0.15) is 11.6 Å². The summed E-state index contributed by atoms with van der Waals surface area (Å²) < 4.78 is 58.0. The van der Waals surface area contributed by atoms with Gasteiger partial charge in [0.05, 0.1) is 11.3 Å². The first kappa shape index (κ1) is 16.8. The molecule has 0 fully saturated rings. The van der Waals surface area contributed by atoms with Crippen molar-refractivity contribution < 1.29 is 26.8 Å². The van der Waals surface area contributed by atoms with Crippen LogP contribution in [0, 0.1) is 5.82 Å². The summed E-state index contributed by atoms with van der Waals surface area (Å²) >= 11 is 0. The Morgan fingerprint density at radius 1 is 0.920 bits per heavy atom. The van der Waals surface area contributed by atoms with Crippen LogP contribution in [0.25, 0.3) is 11.3 Å². The fourth-order valence-corrected chi connectivity index (χ4v) is 2.30. The van der Waals surface area contributed by atoms with Crippen molar-refractivity contribution in [2.45, 2.75) is 6.18 Å². The number of furan rings is 1. The van der Waals surface area contributed by atoms with Gasteiger partial charge in [-0.3, -0.25) is 4.79 Å². The molecule has 0 bridgehead atoms. The van der Waals surface area contributed by atoms with Gasteiger partial charge in [-0.15, -0.1) is 0 Å². The molecule has 0 saturated carbocycles. The van der Waals surface area contributed by atoms with Gasteiger partial charge in [-0.1, -0.05) is 30.3 Å². The normalized spacial score (nSPS) is 11.4. The van der Waals surface area contributed by atoms with E-state index < -0.39 is 23.5 Å². The Hall–Kier alpha value is -3.09. The molecule has 3 aromatic rings. The fraction of sp³-hybridized carbons (Fsp3) is 0.0556. The van der Waals surface area contributed by atoms with E-state index in [0.29, 0.717) is 0 Å². The summed E-state index contributed by atoms with van der Waals surface area (Å²) in [6.07, 6.45) is -4.56. The lowest BCUT2D eigenvalue weighted by Gasteiger charge is -2.10. The smallest absolute Gasteiger partial charge is 0.417 e. The second kappa shape index (κ2) is 6.43. The molecule has 128 valence electrons. The first-order valence-electron chi connectivity index (χ1n) is 7.18. The molecular formula is C18H11F4NO2. The number of anilines is 1. The average Bonchev–Trinajstić information content (AvgIpc) is 3.06. The highest BCUT2D eigenvalue weighted by atomic mass is 19.4. The van der Waals surface area contributed by atoms with Crippen LogP contribution in [0.3, 0.4) is 0 Å². The molecule has 3 nitrogen and oxygen atoms in total. The van der Waals surface area contributed by atoms with Crippen LogP contribution in [0.1, 0.15) is 16.1 Å². The molecular weight excluding hydrogens is 338 g/mol. The molecule has 0 aliphatic carbocycles. The molecule has 25 heavy (non-hydrogen) atoms. The third-order valence-electron chi connectivity index (χ3n) is 3.45. The first-order chi connectivity index (χ1) is 11.9. The highest BCUT2D eigenvalue weighted by molar-refractivity contribution is 6.02. The van der Waals surface area contributed by atoms with Crippen LogP contribution < -0.4 is 5.32 Å². The zero-order chi connectivity index (χ0) is 18.0. The molecule has 3 rings (SSSR count). The van der Waals surface area contributed by atoms with Crippen molar-refractivity contribution in [2.75, 3.05) is 5.32 Å². The van der Waals surface area contributed by atoms with Gasteiger partial charge in [-0.25, -0.2) is 4.39 Å². The predicted molar refractivity (Wildman–Crippen MR) is 83.5 cm³/mol. The first-order valence-corrected chi connectivity index (χ1v) is 7.18. The SMILES string of the molecule is O=C(Nc1ccccc1F)c1ccc(-c2ccccc2C(F)(F)F)o1. The predicted octanol–water partition coefficient (Wildman–Crippen LogP) is 5.36. The second-order valence-corrected chi connectivity index (χ2v) is 5.14. The van der Waals surface area contributed by atoms with Gasteiger partial charge >= 0.3 is 6.18 Å². The molecule has 1 N–H and O–H groups in total. The van der Waals surface area contributed by atoms with E-state index in [2.05, 4.69) is 5.32 Å². The molecule has 0 spiro atoms. The van der Waals surface area contributed by atoms with E-state index >= 15 is 0 Å². The largest absolute Gasteiger partial charge is 0.451 e. The molecule has 1 amide bonds. The number of carbonyl (C=O) groups excluding carboxylic acids is 1. The molecule has 0 radical (unpaired) electrons. The van der Waals surface area contributed by atoms with Gasteiger partial charge in [-0.2, -0.15) is 13.2 Å². The van der Waals surface area contributed by atoms with Crippen LogP contribution in [-0.2, 0) is 6.18 Å². The highest BCUT2D eigenvalue weighted by Gasteiger charge is 2.34. The Morgan fingerprint density at radius 2 is 1.60 bits per heavy atom. The zero-order valence-corrected chi connectivity index (χ0v) is 12.6. The van der Waals surface area contributed by atoms with Gasteiger partial charge in [-0.05, 0) is 30.3 Å². The summed E-state index contributed by atoms with van der Waals surface area (Å²) in [6, 6.07) is 12.9. The lowest BCUT2D eigenvalue weighted by molar-refractivity contribution is -0.137. The van der Waals surface area contributed by atoms with Crippen molar-refractivity contribution in [1.82, 2.24) is 0 Å². The maximum absolute atomic E-state index is 13.5. The van der Waals surface area contributed by atoms with E-state index in [1.807, 2.05) is 0 Å². The van der Waals surface area contributed by atoms with Crippen molar-refractivity contribution in [2.24, 2.45) is 0 Å². The highest BCUT2D eigenvalue weighted by Crippen LogP contribution is 2.37. The fourth-order valence-electron chi connectivity index (χ4n) is 2.30. The van der Waals surface area contributed by atoms with Crippen LogP contribution in [0.2, 0.25) is 0 Å². The van der Waals surface area contributed by atoms with Crippen LogP contribution in [0.5, 0.6) is 0 Å². The minimum atomic E-state index is -4.56. The summed E-state index contributed by atoms with van der Waals surface area (Å²) in [7, 11) is 0. The molecule has 1 heterocycles. The molecule has 0 atom stereocenters. The number of carbonyl (C=O) groups is 1. The summed E-state index contributed by atoms with van der Waals surface area (Å²) in [5, 5.41) is 2.31. The Morgan fingerprint density at radius 3 is 2.32 bits per heavy atom. The third kappa shape index (κ3) is 3.55. The molecule has 7 heteroatoms. The monoisotopic (exact) mass is 349 g/mol. The summed E-state index contributed by atoms with van der Waals surface area (Å²) in [6.45, 7) is 0. The maximum Gasteiger partial charge on any atom is 0.417 e. The number of alkyl halides is 3. The van der Waals surface area contributed by atoms with E-state index in [-0.39, 0.29) is 22.8 Å². The number of para-hydroxylation sites is 1. The Bertz CT molecular complexity index is 915. The lowest BCUT2D eigenvalue weighted by Crippen LogP contribution is -2.12. The number of benzene rings is 2. The van der Waals surface area contributed by atoms with E-state index in [1.165, 1.54) is 54.6 Å². The third-order valence-corrected chi connectivity index (χ3v) is 3.45. The Labute approximate surface area is 139 Å². The van der Waals surface area contributed by atoms with Gasteiger partial charge in [0, 0.05) is 5.56 Å². The topological polar surface area (TPSA) is 42.2 Å². The van der Waals surface area contributed by atoms with Crippen LogP contribution >= 0.6 is 0 Å². The van der Waals surface area contributed by atoms with Gasteiger partial charge in [0.15, 0.2) is 5.76 Å². The van der Waals surface area contributed by atoms with Crippen molar-refractivity contribution in [3.8, 4) is 11.3 Å². The summed E-state index contributed by atoms with van der Waals surface area (Å²) in [4.78, 5) is 12.1. The van der Waals surface area contributed by atoms with Crippen LogP contribution in [-0.4, -0.2) is 5.91 Å². The molecule has 0 unspecified atom stereocenters. The molecule has 2 aromatic carbocycles. The van der Waals surface area contributed by atoms with E-state index in [1.54, 1.807) is 0 Å². The number of hydrogen-bond donors (Lipinski definition) is 1. The quantitative estimate of drug-likeness (QED) is 0.647. The van der Waals surface area contributed by atoms with E-state index in [4.69, 9.17) is 4.42 Å². The molecule has 0 aliphatic rings. The van der Waals surface area contributed by atoms with Gasteiger partial charge in [0.25, 0.3) is 5.91 Å². The number of nitrogens with one attached hydrogen (secondary N) is 1. The standard InChI is InChI=1S/C18H11F4NO2/c19-13-7-3-4-8-14(13)23-17(24)16-10-9-15(25-16)11-5-1-2-6-12(11)18(20,21)22/h1-10H,(H,23,24). The number of amides is 1. The van der Waals surface area contributed by atoms with Crippen molar-refractivity contribution in [3.05, 3.63) is 77.8 Å². The molecule has 0 aliphatic heterocycles. The van der Waals surface area contributed by atoms with Gasteiger partial charge < -0.3 is 9.73 Å². The summed E-state index contributed by atoms with van der Waals surface area (Å²) in [5.74, 6) is -1.73. The number of rotatable bonds is 3. The van der Waals surface area contributed by atoms with Crippen LogP contribution in [0.15, 0.2) is 65.1 Å². The second-order valence-electron chi connectivity index (χ2n) is 5.14. The maximum atomic E-state index is 13.5. The van der Waals surface area contributed by atoms with Crippen molar-refractivity contribution in [1.29, 1.82) is 0 Å². The van der Waals surface area contributed by atoms with E-state index in [9.17, 15) is 22.4 Å². The number of hydrogen-bond acceptors (Lipinski definition) is 2. The zero-order valence-electron chi connectivity index (χ0n) is 12.6. The van der Waals surface area contributed by atoms with Gasteiger partial charge in [0.2, 0.25) is 0 Å². The lowest BCUT2D eigenvalue weighted by atomic mass is 10.1. The average molecular weight is 349 g/mol. The Balaban J connectivity index is 1.89. The van der Waals surface area contributed by atoms with Crippen molar-refractivity contribution >= 4 is 11.6 Å². The van der Waals surface area contributed by atoms with Crippen molar-refractivity contribution in [3.63, 3.8) is 0 Å². The summed E-state index contributed by atoms with van der Waals surface area (Å²) in [5.41, 5.74) is -1.11. The van der Waals surface area contributed by atoms with E-state index in [0.717, 1.165) is 6.07 Å². The molecule has 1 aromatic heterocycles. The number of halogens is 4. The van der Waals surface area contributed by atoms with Crippen LogP contribution in [0.4, 0.5) is 23.2 Å². The minimum Gasteiger partial charge on any atom is -0.451 e.